The van der Waals surface area contributed by atoms with Crippen LogP contribution in [0.2, 0.25) is 0 Å². The fourth-order valence-corrected chi connectivity index (χ4v) is 2.61. The van der Waals surface area contributed by atoms with Gasteiger partial charge in [0.15, 0.2) is 5.75 Å². The highest BCUT2D eigenvalue weighted by Crippen LogP contribution is 2.29. The van der Waals surface area contributed by atoms with Gasteiger partial charge in [-0.05, 0) is 37.5 Å². The lowest BCUT2D eigenvalue weighted by Crippen LogP contribution is -2.15. The van der Waals surface area contributed by atoms with E-state index in [9.17, 15) is 0 Å². The Labute approximate surface area is 133 Å². The lowest BCUT2D eigenvalue weighted by Gasteiger charge is -2.11. The second kappa shape index (κ2) is 6.62. The number of nitrogens with zero attached hydrogens (tertiary/aromatic N) is 2. The van der Waals surface area contributed by atoms with Gasteiger partial charge in [-0.1, -0.05) is 22.9 Å². The van der Waals surface area contributed by atoms with Crippen molar-refractivity contribution in [3.8, 4) is 11.5 Å². The maximum absolute atomic E-state index is 6.00. The van der Waals surface area contributed by atoms with E-state index < -0.39 is 0 Å². The average molecular weight is 350 g/mol. The standard InChI is InChI=1S/C16H20BrN3O/c1-2-7-20-11-15(10-19-20)21-16-6-3-13(17)8-12(16)9-18-14-4-5-14/h3,6,8,10-11,14,18H,2,4-5,7,9H2,1H3. The second-order valence-corrected chi connectivity index (χ2v) is 6.36. The molecule has 0 radical (unpaired) electrons. The summed E-state index contributed by atoms with van der Waals surface area (Å²) in [6.07, 6.45) is 7.36. The Bertz CT molecular complexity index is 607. The van der Waals surface area contributed by atoms with Gasteiger partial charge in [-0.3, -0.25) is 4.68 Å². The predicted octanol–water partition coefficient (Wildman–Crippen LogP) is 4.10. The third-order valence-electron chi connectivity index (χ3n) is 3.47. The summed E-state index contributed by atoms with van der Waals surface area (Å²) in [5.41, 5.74) is 1.17. The Morgan fingerprint density at radius 1 is 1.43 bits per heavy atom. The Kier molecular flexibility index (Phi) is 4.60. The van der Waals surface area contributed by atoms with Crippen molar-refractivity contribution in [3.63, 3.8) is 0 Å². The number of hydrogen-bond acceptors (Lipinski definition) is 3. The van der Waals surface area contributed by atoms with Crippen LogP contribution in [0.5, 0.6) is 11.5 Å². The van der Waals surface area contributed by atoms with Gasteiger partial charge in [0, 0.05) is 29.2 Å². The molecule has 1 saturated carbocycles. The highest BCUT2D eigenvalue weighted by molar-refractivity contribution is 9.10. The summed E-state index contributed by atoms with van der Waals surface area (Å²) < 4.78 is 8.99. The molecule has 1 aliphatic carbocycles. The van der Waals surface area contributed by atoms with Crippen LogP contribution in [-0.4, -0.2) is 15.8 Å². The van der Waals surface area contributed by atoms with Crippen LogP contribution in [0.25, 0.3) is 0 Å². The normalized spacial score (nSPS) is 14.4. The predicted molar refractivity (Wildman–Crippen MR) is 86.6 cm³/mol. The zero-order valence-electron chi connectivity index (χ0n) is 12.2. The zero-order chi connectivity index (χ0) is 14.7. The quantitative estimate of drug-likeness (QED) is 0.817. The summed E-state index contributed by atoms with van der Waals surface area (Å²) >= 11 is 3.53. The van der Waals surface area contributed by atoms with Gasteiger partial charge in [0.25, 0.3) is 0 Å². The van der Waals surface area contributed by atoms with Crippen molar-refractivity contribution in [3.05, 3.63) is 40.6 Å². The Balaban J connectivity index is 1.72. The van der Waals surface area contributed by atoms with E-state index in [-0.39, 0.29) is 0 Å². The monoisotopic (exact) mass is 349 g/mol. The number of aryl methyl sites for hydroxylation is 1. The number of aromatic nitrogens is 2. The third-order valence-corrected chi connectivity index (χ3v) is 3.96. The van der Waals surface area contributed by atoms with E-state index in [4.69, 9.17) is 4.74 Å². The first-order valence-electron chi connectivity index (χ1n) is 7.46. The van der Waals surface area contributed by atoms with Gasteiger partial charge in [0.2, 0.25) is 0 Å². The molecule has 0 amide bonds. The number of hydrogen-bond donors (Lipinski definition) is 1. The van der Waals surface area contributed by atoms with Crippen LogP contribution in [0.4, 0.5) is 0 Å². The number of ether oxygens (including phenoxy) is 1. The highest BCUT2D eigenvalue weighted by atomic mass is 79.9. The second-order valence-electron chi connectivity index (χ2n) is 5.45. The van der Waals surface area contributed by atoms with Crippen LogP contribution in [0.15, 0.2) is 35.1 Å². The lowest BCUT2D eigenvalue weighted by atomic mass is 10.2. The minimum Gasteiger partial charge on any atom is -0.454 e. The molecular formula is C16H20BrN3O. The summed E-state index contributed by atoms with van der Waals surface area (Å²) in [5, 5.41) is 7.83. The largest absolute Gasteiger partial charge is 0.454 e. The molecule has 1 heterocycles. The van der Waals surface area contributed by atoms with Gasteiger partial charge in [-0.25, -0.2) is 0 Å². The van der Waals surface area contributed by atoms with Gasteiger partial charge >= 0.3 is 0 Å². The van der Waals surface area contributed by atoms with Crippen LogP contribution >= 0.6 is 15.9 Å². The summed E-state index contributed by atoms with van der Waals surface area (Å²) in [6, 6.07) is 6.81. The molecule has 21 heavy (non-hydrogen) atoms. The van der Waals surface area contributed by atoms with Crippen molar-refractivity contribution in [1.82, 2.24) is 15.1 Å². The van der Waals surface area contributed by atoms with Crippen molar-refractivity contribution in [2.45, 2.75) is 45.3 Å². The van der Waals surface area contributed by atoms with Crippen molar-refractivity contribution >= 4 is 15.9 Å². The van der Waals surface area contributed by atoms with Gasteiger partial charge in [0.1, 0.15) is 5.75 Å². The van der Waals surface area contributed by atoms with Crippen LogP contribution < -0.4 is 10.1 Å². The third kappa shape index (κ3) is 4.08. The molecule has 1 aromatic heterocycles. The molecule has 5 heteroatoms. The van der Waals surface area contributed by atoms with E-state index in [1.807, 2.05) is 23.0 Å². The summed E-state index contributed by atoms with van der Waals surface area (Å²) in [4.78, 5) is 0. The summed E-state index contributed by atoms with van der Waals surface area (Å²) in [7, 11) is 0. The number of halogens is 1. The summed E-state index contributed by atoms with van der Waals surface area (Å²) in [5.74, 6) is 1.68. The minimum atomic E-state index is 0.684. The van der Waals surface area contributed by atoms with Crippen LogP contribution in [0.1, 0.15) is 31.7 Å². The van der Waals surface area contributed by atoms with Gasteiger partial charge in [-0.2, -0.15) is 5.10 Å². The van der Waals surface area contributed by atoms with E-state index in [0.29, 0.717) is 6.04 Å². The number of nitrogens with one attached hydrogen (secondary N) is 1. The van der Waals surface area contributed by atoms with Crippen molar-refractivity contribution in [1.29, 1.82) is 0 Å². The van der Waals surface area contributed by atoms with Crippen molar-refractivity contribution in [2.75, 3.05) is 0 Å². The molecule has 1 aliphatic rings. The Morgan fingerprint density at radius 2 is 2.29 bits per heavy atom. The first-order valence-corrected chi connectivity index (χ1v) is 8.26. The molecule has 0 saturated heterocycles. The van der Waals surface area contributed by atoms with Crippen LogP contribution in [0.3, 0.4) is 0 Å². The fraction of sp³-hybridized carbons (Fsp3) is 0.438. The average Bonchev–Trinajstić information content (AvgIpc) is 3.20. The Morgan fingerprint density at radius 3 is 3.05 bits per heavy atom. The molecule has 0 bridgehead atoms. The topological polar surface area (TPSA) is 39.1 Å². The molecule has 1 aromatic carbocycles. The molecular weight excluding hydrogens is 330 g/mol. The molecule has 0 unspecified atom stereocenters. The maximum Gasteiger partial charge on any atom is 0.165 e. The van der Waals surface area contributed by atoms with Gasteiger partial charge in [-0.15, -0.1) is 0 Å². The number of rotatable bonds is 7. The van der Waals surface area contributed by atoms with Crippen molar-refractivity contribution in [2.24, 2.45) is 0 Å². The molecule has 0 aliphatic heterocycles. The molecule has 0 spiro atoms. The molecule has 0 atom stereocenters. The van der Waals surface area contributed by atoms with E-state index in [2.05, 4.69) is 39.3 Å². The molecule has 1 N–H and O–H groups in total. The first-order chi connectivity index (χ1) is 10.2. The first kappa shape index (κ1) is 14.6. The molecule has 2 aromatic rings. The highest BCUT2D eigenvalue weighted by Gasteiger charge is 2.20. The number of benzene rings is 1. The summed E-state index contributed by atoms with van der Waals surface area (Å²) in [6.45, 7) is 3.89. The molecule has 3 rings (SSSR count). The van der Waals surface area contributed by atoms with Gasteiger partial charge in [0.05, 0.1) is 12.4 Å². The van der Waals surface area contributed by atoms with Gasteiger partial charge < -0.3 is 10.1 Å². The van der Waals surface area contributed by atoms with E-state index in [0.717, 1.165) is 35.5 Å². The molecule has 1 fully saturated rings. The molecule has 4 nitrogen and oxygen atoms in total. The zero-order valence-corrected chi connectivity index (χ0v) is 13.8. The van der Waals surface area contributed by atoms with Crippen LogP contribution in [0, 0.1) is 0 Å². The minimum absolute atomic E-state index is 0.684. The maximum atomic E-state index is 6.00. The molecule has 112 valence electrons. The smallest absolute Gasteiger partial charge is 0.165 e. The SMILES string of the molecule is CCCn1cc(Oc2ccc(Br)cc2CNC2CC2)cn1. The van der Waals surface area contributed by atoms with E-state index in [1.165, 1.54) is 18.4 Å². The van der Waals surface area contributed by atoms with Crippen molar-refractivity contribution < 1.29 is 4.74 Å². The Hall–Kier alpha value is -1.33. The fourth-order valence-electron chi connectivity index (χ4n) is 2.20. The van der Waals surface area contributed by atoms with Crippen LogP contribution in [-0.2, 0) is 13.1 Å². The van der Waals surface area contributed by atoms with E-state index >= 15 is 0 Å². The van der Waals surface area contributed by atoms with E-state index in [1.54, 1.807) is 6.20 Å². The lowest BCUT2D eigenvalue weighted by molar-refractivity contribution is 0.470.